The van der Waals surface area contributed by atoms with Gasteiger partial charge in [-0.25, -0.2) is 18.2 Å². The SMILES string of the molecule is Cn1nc(C2CCC(O)NC2=O)c2ccc(C3(F)CCN(CC4CCN(c5ncc(Cl)c(Nc6ccc7c(c6)c6c(c(=O)n7C)OCC(F)(F)[C@H](C7CC7)N6)n5)CC4)CC3)cc21. The Labute approximate surface area is 360 Å². The van der Waals surface area contributed by atoms with E-state index < -0.39 is 41.9 Å². The zero-order valence-electron chi connectivity index (χ0n) is 34.6. The fourth-order valence-electron chi connectivity index (χ4n) is 9.96. The van der Waals surface area contributed by atoms with Crippen molar-refractivity contribution in [3.05, 3.63) is 69.2 Å². The molecule has 3 saturated heterocycles. The number of aromatic nitrogens is 5. The van der Waals surface area contributed by atoms with Crippen LogP contribution in [0.2, 0.25) is 5.02 Å². The molecule has 5 aliphatic rings. The fourth-order valence-corrected chi connectivity index (χ4v) is 10.1. The number of aryl methyl sites for hydroxylation is 2. The highest BCUT2D eigenvalue weighted by atomic mass is 35.5. The maximum absolute atomic E-state index is 16.6. The van der Waals surface area contributed by atoms with Gasteiger partial charge in [0.05, 0.1) is 40.6 Å². The molecule has 18 heteroatoms. The Balaban J connectivity index is 0.771. The van der Waals surface area contributed by atoms with Crippen LogP contribution in [0.1, 0.15) is 68.5 Å². The van der Waals surface area contributed by atoms with Crippen molar-refractivity contribution in [3.63, 3.8) is 0 Å². The number of anilines is 4. The summed E-state index contributed by atoms with van der Waals surface area (Å²) >= 11 is 6.62. The number of rotatable bonds is 8. The number of likely N-dealkylation sites (tertiary alicyclic amines) is 1. The van der Waals surface area contributed by atoms with Crippen LogP contribution in [0.15, 0.2) is 47.4 Å². The first-order valence-corrected chi connectivity index (χ1v) is 22.0. The van der Waals surface area contributed by atoms with E-state index in [9.17, 15) is 14.7 Å². The molecule has 1 amide bonds. The summed E-state index contributed by atoms with van der Waals surface area (Å²) in [5, 5.41) is 25.1. The lowest BCUT2D eigenvalue weighted by Gasteiger charge is -2.40. The van der Waals surface area contributed by atoms with Crippen molar-refractivity contribution in [2.45, 2.75) is 81.1 Å². The summed E-state index contributed by atoms with van der Waals surface area (Å²) in [5.41, 5.74) is 1.56. The third-order valence-electron chi connectivity index (χ3n) is 13.7. The van der Waals surface area contributed by atoms with E-state index in [-0.39, 0.29) is 23.3 Å². The van der Waals surface area contributed by atoms with Crippen molar-refractivity contribution in [3.8, 4) is 5.75 Å². The number of alkyl halides is 3. The Morgan fingerprint density at radius 3 is 2.45 bits per heavy atom. The molecule has 7 heterocycles. The lowest BCUT2D eigenvalue weighted by atomic mass is 9.84. The summed E-state index contributed by atoms with van der Waals surface area (Å²) in [6.45, 7) is 2.81. The van der Waals surface area contributed by atoms with Crippen molar-refractivity contribution < 1.29 is 27.8 Å². The molecule has 4 N–H and O–H groups in total. The Hall–Kier alpha value is -5.13. The van der Waals surface area contributed by atoms with Crippen LogP contribution in [0.3, 0.4) is 0 Å². The molecule has 4 aliphatic heterocycles. The Bertz CT molecular complexity index is 2620. The monoisotopic (exact) mass is 874 g/mol. The van der Waals surface area contributed by atoms with Gasteiger partial charge in [0.2, 0.25) is 17.6 Å². The molecule has 0 spiro atoms. The molecule has 0 radical (unpaired) electrons. The minimum Gasteiger partial charge on any atom is -0.480 e. The molecule has 10 rings (SSSR count). The molecule has 328 valence electrons. The van der Waals surface area contributed by atoms with Gasteiger partial charge in [0, 0.05) is 63.3 Å². The number of nitrogens with one attached hydrogen (secondary N) is 3. The highest BCUT2D eigenvalue weighted by Gasteiger charge is 2.51. The van der Waals surface area contributed by atoms with Crippen LogP contribution < -0.4 is 31.1 Å². The molecule has 1 aliphatic carbocycles. The molecule has 3 atom stereocenters. The van der Waals surface area contributed by atoms with E-state index in [2.05, 4.69) is 35.8 Å². The number of carbonyl (C=O) groups excluding carboxylic acids is 1. The quantitative estimate of drug-likeness (QED) is 0.139. The Morgan fingerprint density at radius 2 is 1.71 bits per heavy atom. The van der Waals surface area contributed by atoms with Crippen LogP contribution >= 0.6 is 11.6 Å². The molecule has 14 nitrogen and oxygen atoms in total. The standard InChI is InChI=1S/C44H50ClF3N10O4/c1-55-32-9-6-27(20-30(32)36-37(41(55)61)62-23-44(47,48)38(52-36)25-3-4-25)50-39-31(45)21-49-42(53-39)58-15-11-24(12-16-58)22-57-17-13-43(46,14-18-57)26-5-7-28-33(19-26)56(2)54-35(28)29-8-10-34(59)51-40(29)60/h5-7,9,19-21,24-25,29,34,38,52,59H,3-4,8,10-18,22-23H2,1-2H3,(H,51,60)(H,49,50,53)/t29?,34?,38-/m0/s1. The number of pyridine rings is 1. The van der Waals surface area contributed by atoms with Gasteiger partial charge >= 0.3 is 5.92 Å². The topological polar surface area (TPSA) is 155 Å². The van der Waals surface area contributed by atoms with Gasteiger partial charge in [-0.1, -0.05) is 23.7 Å². The first-order chi connectivity index (χ1) is 29.7. The number of piperidine rings is 3. The molecule has 62 heavy (non-hydrogen) atoms. The molecular formula is C44H50ClF3N10O4. The van der Waals surface area contributed by atoms with Gasteiger partial charge < -0.3 is 40.2 Å². The van der Waals surface area contributed by atoms with Gasteiger partial charge in [-0.05, 0) is 93.0 Å². The predicted molar refractivity (Wildman–Crippen MR) is 230 cm³/mol. The van der Waals surface area contributed by atoms with Crippen LogP contribution in [0, 0.1) is 11.8 Å². The molecule has 3 aromatic heterocycles. The van der Waals surface area contributed by atoms with E-state index in [4.69, 9.17) is 21.3 Å². The molecule has 2 aromatic carbocycles. The zero-order valence-corrected chi connectivity index (χ0v) is 35.4. The van der Waals surface area contributed by atoms with E-state index in [0.717, 1.165) is 43.4 Å². The van der Waals surface area contributed by atoms with Crippen LogP contribution in [-0.2, 0) is 24.6 Å². The number of benzene rings is 2. The smallest absolute Gasteiger partial charge is 0.301 e. The third kappa shape index (κ3) is 7.48. The average Bonchev–Trinajstić information content (AvgIpc) is 4.06. The summed E-state index contributed by atoms with van der Waals surface area (Å²) in [6.07, 6.45) is 5.70. The summed E-state index contributed by atoms with van der Waals surface area (Å²) in [4.78, 5) is 39.8. The number of nitrogens with zero attached hydrogens (tertiary/aromatic N) is 7. The van der Waals surface area contributed by atoms with Gasteiger partial charge in [0.25, 0.3) is 5.56 Å². The van der Waals surface area contributed by atoms with Crippen molar-refractivity contribution in [2.24, 2.45) is 25.9 Å². The third-order valence-corrected chi connectivity index (χ3v) is 14.0. The second-order valence-corrected chi connectivity index (χ2v) is 18.3. The molecule has 0 bridgehead atoms. The van der Waals surface area contributed by atoms with Gasteiger partial charge in [0.1, 0.15) is 16.9 Å². The normalized spacial score (nSPS) is 24.3. The van der Waals surface area contributed by atoms with E-state index >= 15 is 13.2 Å². The molecule has 5 aromatic rings. The van der Waals surface area contributed by atoms with Crippen molar-refractivity contribution in [1.29, 1.82) is 0 Å². The highest BCUT2D eigenvalue weighted by Crippen LogP contribution is 2.46. The van der Waals surface area contributed by atoms with Gasteiger partial charge in [-0.2, -0.15) is 10.1 Å². The van der Waals surface area contributed by atoms with Gasteiger partial charge in [0.15, 0.2) is 12.4 Å². The number of aliphatic hydroxyl groups is 1. The first kappa shape index (κ1) is 40.9. The maximum Gasteiger partial charge on any atom is 0.301 e. The number of amides is 1. The summed E-state index contributed by atoms with van der Waals surface area (Å²) in [6, 6.07) is 9.82. The second-order valence-electron chi connectivity index (χ2n) is 17.9. The van der Waals surface area contributed by atoms with Crippen LogP contribution in [0.5, 0.6) is 5.75 Å². The molecule has 1 saturated carbocycles. The summed E-state index contributed by atoms with van der Waals surface area (Å²) < 4.78 is 55.6. The largest absolute Gasteiger partial charge is 0.480 e. The molecular weight excluding hydrogens is 825 g/mol. The minimum atomic E-state index is -3.14. The Morgan fingerprint density at radius 1 is 0.935 bits per heavy atom. The zero-order chi connectivity index (χ0) is 43.1. The number of carbonyl (C=O) groups is 1. The van der Waals surface area contributed by atoms with E-state index in [0.29, 0.717) is 102 Å². The van der Waals surface area contributed by atoms with E-state index in [1.165, 1.54) is 4.57 Å². The Kier molecular flexibility index (Phi) is 10.3. The number of aliphatic hydroxyl groups excluding tert-OH is 1. The highest BCUT2D eigenvalue weighted by molar-refractivity contribution is 6.33. The number of ether oxygens (including phenoxy) is 1. The molecule has 4 fully saturated rings. The van der Waals surface area contributed by atoms with Gasteiger partial charge in [-0.3, -0.25) is 14.3 Å². The number of hydrogen-bond acceptors (Lipinski definition) is 11. The average molecular weight is 875 g/mol. The van der Waals surface area contributed by atoms with Crippen molar-refractivity contribution >= 4 is 62.5 Å². The minimum absolute atomic E-state index is 0.119. The van der Waals surface area contributed by atoms with E-state index in [1.807, 2.05) is 25.2 Å². The van der Waals surface area contributed by atoms with Crippen LogP contribution in [0.4, 0.5) is 36.3 Å². The van der Waals surface area contributed by atoms with Crippen molar-refractivity contribution in [2.75, 3.05) is 54.9 Å². The van der Waals surface area contributed by atoms with Crippen LogP contribution in [-0.4, -0.2) is 97.8 Å². The van der Waals surface area contributed by atoms with Crippen molar-refractivity contribution in [1.82, 2.24) is 34.5 Å². The number of halogens is 4. The lowest BCUT2D eigenvalue weighted by Crippen LogP contribution is -2.44. The summed E-state index contributed by atoms with van der Waals surface area (Å²) in [5.74, 6) is -2.78. The first-order valence-electron chi connectivity index (χ1n) is 21.6. The van der Waals surface area contributed by atoms with Gasteiger partial charge in [-0.15, -0.1) is 0 Å². The maximum atomic E-state index is 16.6. The second kappa shape index (κ2) is 15.6. The number of fused-ring (bicyclic) bond motifs is 4. The molecule has 2 unspecified atom stereocenters. The summed E-state index contributed by atoms with van der Waals surface area (Å²) in [7, 11) is 3.41. The fraction of sp³-hybridized carbons (Fsp3) is 0.523. The van der Waals surface area contributed by atoms with Crippen LogP contribution in [0.25, 0.3) is 21.8 Å². The number of hydrogen-bond donors (Lipinski definition) is 4. The lowest BCUT2D eigenvalue weighted by molar-refractivity contribution is -0.128. The predicted octanol–water partition coefficient (Wildman–Crippen LogP) is 6.32. The van der Waals surface area contributed by atoms with E-state index in [1.54, 1.807) is 36.1 Å².